The van der Waals surface area contributed by atoms with Gasteiger partial charge in [-0.1, -0.05) is 24.1 Å². The number of fused-ring (bicyclic) bond motifs is 5. The van der Waals surface area contributed by atoms with E-state index in [1.165, 1.54) is 5.56 Å². The van der Waals surface area contributed by atoms with Crippen molar-refractivity contribution in [1.29, 1.82) is 0 Å². The molecule has 2 aromatic rings. The predicted octanol–water partition coefficient (Wildman–Crippen LogP) is 5.20. The van der Waals surface area contributed by atoms with Crippen molar-refractivity contribution in [3.05, 3.63) is 47.0 Å². The summed E-state index contributed by atoms with van der Waals surface area (Å²) in [5.74, 6) is 10.7. The van der Waals surface area contributed by atoms with Gasteiger partial charge in [0.25, 0.3) is 0 Å². The van der Waals surface area contributed by atoms with Gasteiger partial charge >= 0.3 is 0 Å². The van der Waals surface area contributed by atoms with E-state index in [0.29, 0.717) is 5.75 Å². The van der Waals surface area contributed by atoms with Crippen LogP contribution in [-0.4, -0.2) is 50.2 Å². The molecule has 6 heteroatoms. The van der Waals surface area contributed by atoms with Crippen molar-refractivity contribution >= 4 is 0 Å². The van der Waals surface area contributed by atoms with Crippen LogP contribution in [0.2, 0.25) is 0 Å². The largest absolute Gasteiger partial charge is 0.492 e. The van der Waals surface area contributed by atoms with Crippen molar-refractivity contribution in [2.24, 2.45) is 5.92 Å². The summed E-state index contributed by atoms with van der Waals surface area (Å²) in [4.78, 5) is 0. The molecule has 0 N–H and O–H groups in total. The van der Waals surface area contributed by atoms with E-state index in [-0.39, 0.29) is 30.5 Å². The molecule has 6 nitrogen and oxygen atoms in total. The van der Waals surface area contributed by atoms with E-state index in [0.717, 1.165) is 58.7 Å². The van der Waals surface area contributed by atoms with Gasteiger partial charge < -0.3 is 28.2 Å². The molecular weight excluding hydrogens is 454 g/mol. The molecule has 0 bridgehead atoms. The fourth-order valence-electron chi connectivity index (χ4n) is 6.40. The van der Waals surface area contributed by atoms with Gasteiger partial charge in [-0.2, -0.15) is 0 Å². The van der Waals surface area contributed by atoms with E-state index in [2.05, 4.69) is 64.9 Å². The van der Waals surface area contributed by atoms with Crippen molar-refractivity contribution in [1.82, 2.24) is 0 Å². The van der Waals surface area contributed by atoms with Gasteiger partial charge in [0.1, 0.15) is 17.0 Å². The van der Waals surface area contributed by atoms with Crippen molar-refractivity contribution in [3.8, 4) is 34.8 Å². The van der Waals surface area contributed by atoms with Crippen molar-refractivity contribution in [3.63, 3.8) is 0 Å². The minimum Gasteiger partial charge on any atom is -0.492 e. The predicted molar refractivity (Wildman–Crippen MR) is 136 cm³/mol. The first-order valence-corrected chi connectivity index (χ1v) is 12.9. The summed E-state index contributed by atoms with van der Waals surface area (Å²) in [5, 5.41) is 0. The fraction of sp³-hybridized carbons (Fsp3) is 0.533. The molecule has 6 rings (SSSR count). The maximum absolute atomic E-state index is 6.88. The Morgan fingerprint density at radius 1 is 1.08 bits per heavy atom. The molecule has 0 aliphatic carbocycles. The summed E-state index contributed by atoms with van der Waals surface area (Å²) in [6.07, 6.45) is 2.76. The van der Waals surface area contributed by atoms with E-state index in [1.54, 1.807) is 7.11 Å². The first-order valence-electron chi connectivity index (χ1n) is 12.9. The van der Waals surface area contributed by atoms with Crippen molar-refractivity contribution in [2.75, 3.05) is 34.5 Å². The SMILES string of the molecule is COc1c2c(cc3c1[C@H](C#C[C@]1(C)CC[C@@H]4[C@@H](O1)c1ccccc1OC4(C)C)[N+](C)(C)CC3)OCO2. The lowest BCUT2D eigenvalue weighted by atomic mass is 9.73. The number of hydrogen-bond acceptors (Lipinski definition) is 5. The van der Waals surface area contributed by atoms with Crippen LogP contribution >= 0.6 is 0 Å². The molecule has 0 aromatic heterocycles. The van der Waals surface area contributed by atoms with Gasteiger partial charge in [0.15, 0.2) is 17.5 Å². The molecule has 4 aliphatic rings. The second kappa shape index (κ2) is 8.06. The van der Waals surface area contributed by atoms with Crippen LogP contribution in [0.3, 0.4) is 0 Å². The maximum atomic E-state index is 6.88. The molecule has 36 heavy (non-hydrogen) atoms. The van der Waals surface area contributed by atoms with Crippen LogP contribution < -0.4 is 18.9 Å². The summed E-state index contributed by atoms with van der Waals surface area (Å²) in [7, 11) is 6.18. The molecule has 4 aliphatic heterocycles. The van der Waals surface area contributed by atoms with Crippen LogP contribution in [0.5, 0.6) is 23.0 Å². The molecule has 1 saturated heterocycles. The molecule has 0 unspecified atom stereocenters. The lowest BCUT2D eigenvalue weighted by Crippen LogP contribution is -2.51. The van der Waals surface area contributed by atoms with Crippen LogP contribution in [0, 0.1) is 17.8 Å². The minimum absolute atomic E-state index is 0.0394. The van der Waals surface area contributed by atoms with Gasteiger partial charge in [0, 0.05) is 17.9 Å². The molecule has 4 heterocycles. The highest BCUT2D eigenvalue weighted by Gasteiger charge is 2.50. The number of nitrogens with zero attached hydrogens (tertiary/aromatic N) is 1. The van der Waals surface area contributed by atoms with Gasteiger partial charge in [0.2, 0.25) is 12.5 Å². The second-order valence-electron chi connectivity index (χ2n) is 11.8. The number of benzene rings is 2. The highest BCUT2D eigenvalue weighted by molar-refractivity contribution is 5.62. The number of quaternary nitrogens is 1. The van der Waals surface area contributed by atoms with E-state index in [4.69, 9.17) is 23.7 Å². The highest BCUT2D eigenvalue weighted by atomic mass is 16.7. The number of ether oxygens (including phenoxy) is 5. The number of rotatable bonds is 1. The first kappa shape index (κ1) is 23.5. The van der Waals surface area contributed by atoms with Gasteiger partial charge in [-0.15, -0.1) is 0 Å². The normalized spacial score (nSPS) is 30.6. The summed E-state index contributed by atoms with van der Waals surface area (Å²) >= 11 is 0. The lowest BCUT2D eigenvalue weighted by Gasteiger charge is -2.50. The Morgan fingerprint density at radius 2 is 1.89 bits per heavy atom. The summed E-state index contributed by atoms with van der Waals surface area (Å²) in [6, 6.07) is 10.3. The monoisotopic (exact) mass is 490 g/mol. The average Bonchev–Trinajstić information content (AvgIpc) is 3.30. The number of likely N-dealkylation sites (N-methyl/N-ethyl adjacent to an activating group) is 1. The van der Waals surface area contributed by atoms with Crippen LogP contribution in [0.15, 0.2) is 30.3 Å². The zero-order valence-corrected chi connectivity index (χ0v) is 22.1. The lowest BCUT2D eigenvalue weighted by molar-refractivity contribution is -0.914. The number of hydrogen-bond donors (Lipinski definition) is 0. The maximum Gasteiger partial charge on any atom is 0.231 e. The molecule has 0 amide bonds. The molecular formula is C30H36NO5+. The van der Waals surface area contributed by atoms with Crippen LogP contribution in [0.25, 0.3) is 0 Å². The Labute approximate surface area is 214 Å². The molecule has 0 radical (unpaired) electrons. The summed E-state index contributed by atoms with van der Waals surface area (Å²) < 4.78 is 31.4. The fourth-order valence-corrected chi connectivity index (χ4v) is 6.40. The van der Waals surface area contributed by atoms with E-state index in [1.807, 2.05) is 12.1 Å². The summed E-state index contributed by atoms with van der Waals surface area (Å²) in [5.41, 5.74) is 2.62. The third-order valence-electron chi connectivity index (χ3n) is 8.53. The molecule has 4 atom stereocenters. The average molecular weight is 491 g/mol. The second-order valence-corrected chi connectivity index (χ2v) is 11.8. The van der Waals surface area contributed by atoms with Crippen LogP contribution in [-0.2, 0) is 11.2 Å². The van der Waals surface area contributed by atoms with Crippen molar-refractivity contribution < 1.29 is 28.2 Å². The van der Waals surface area contributed by atoms with Crippen molar-refractivity contribution in [2.45, 2.75) is 63.4 Å². The van der Waals surface area contributed by atoms with Gasteiger partial charge in [-0.05, 0) is 57.2 Å². The number of methoxy groups -OCH3 is 1. The van der Waals surface area contributed by atoms with E-state index >= 15 is 0 Å². The number of para-hydroxylation sites is 1. The molecule has 0 spiro atoms. The van der Waals surface area contributed by atoms with Crippen LogP contribution in [0.4, 0.5) is 0 Å². The zero-order chi connectivity index (χ0) is 25.3. The quantitative estimate of drug-likeness (QED) is 0.406. The third-order valence-corrected chi connectivity index (χ3v) is 8.53. The van der Waals surface area contributed by atoms with E-state index < -0.39 is 5.60 Å². The first-order chi connectivity index (χ1) is 17.1. The standard InChI is InChI=1S/C30H36NO5/c1-29(2)21-11-14-30(3,36-26(21)20-9-7-8-10-23(20)35-29)15-12-22-25-19(13-16-31(22,4)5)17-24-27(28(25)32-6)34-18-33-24/h7-10,17,21-22,26H,11,13-14,16,18H2,1-6H3/q+1/t21-,22+,26+,30+/m1/s1. The van der Waals surface area contributed by atoms with Gasteiger partial charge in [-0.3, -0.25) is 0 Å². The Bertz CT molecular complexity index is 1270. The zero-order valence-electron chi connectivity index (χ0n) is 22.1. The Balaban J connectivity index is 1.38. The molecule has 190 valence electrons. The molecule has 2 aromatic carbocycles. The van der Waals surface area contributed by atoms with Gasteiger partial charge in [-0.25, -0.2) is 0 Å². The smallest absolute Gasteiger partial charge is 0.231 e. The molecule has 0 saturated carbocycles. The summed E-state index contributed by atoms with van der Waals surface area (Å²) in [6.45, 7) is 7.69. The Kier molecular flexibility index (Phi) is 5.27. The topological polar surface area (TPSA) is 46.2 Å². The highest BCUT2D eigenvalue weighted by Crippen LogP contribution is 2.53. The Morgan fingerprint density at radius 3 is 2.69 bits per heavy atom. The minimum atomic E-state index is -0.553. The van der Waals surface area contributed by atoms with Gasteiger partial charge in [0.05, 0.1) is 39.4 Å². The van der Waals surface area contributed by atoms with Crippen LogP contribution in [0.1, 0.15) is 62.4 Å². The Hall–Kier alpha value is -2.88. The molecule has 1 fully saturated rings. The van der Waals surface area contributed by atoms with E-state index in [9.17, 15) is 0 Å². The third kappa shape index (κ3) is 3.64.